The molecule has 1 atom stereocenters. The number of rotatable bonds is 1. The molecule has 1 aromatic rings. The van der Waals surface area contributed by atoms with E-state index in [0.717, 1.165) is 5.69 Å². The lowest BCUT2D eigenvalue weighted by atomic mass is 9.88. The van der Waals surface area contributed by atoms with Crippen LogP contribution in [0, 0.1) is 5.92 Å². The number of aliphatic carboxylic acids is 1. The molecule has 2 rings (SSSR count). The minimum atomic E-state index is -0.814. The molecule has 0 radical (unpaired) electrons. The van der Waals surface area contributed by atoms with E-state index in [1.54, 1.807) is 0 Å². The second-order valence-corrected chi connectivity index (χ2v) is 3.31. The standard InChI is InChI=1S/C8H10N2O3/c11-7-5-3-4(8(12)13)1-2-6(5)9-10-7/h4H,1-3H2,(H,12,13)(H2,9,10,11). The zero-order chi connectivity index (χ0) is 9.42. The normalized spacial score (nSPS) is 21.1. The van der Waals surface area contributed by atoms with Gasteiger partial charge in [-0.2, -0.15) is 0 Å². The van der Waals surface area contributed by atoms with Crippen LogP contribution < -0.4 is 5.56 Å². The first-order valence-electron chi connectivity index (χ1n) is 4.19. The molecular formula is C8H10N2O3. The van der Waals surface area contributed by atoms with Crippen molar-refractivity contribution in [3.8, 4) is 0 Å². The van der Waals surface area contributed by atoms with Gasteiger partial charge < -0.3 is 10.2 Å². The van der Waals surface area contributed by atoms with Gasteiger partial charge in [0.1, 0.15) is 0 Å². The maximum Gasteiger partial charge on any atom is 0.306 e. The third-order valence-electron chi connectivity index (χ3n) is 2.51. The van der Waals surface area contributed by atoms with E-state index in [1.807, 2.05) is 0 Å². The molecule has 5 heteroatoms. The van der Waals surface area contributed by atoms with Crippen molar-refractivity contribution in [2.45, 2.75) is 19.3 Å². The molecule has 1 heterocycles. The van der Waals surface area contributed by atoms with Gasteiger partial charge in [0, 0.05) is 11.3 Å². The van der Waals surface area contributed by atoms with Crippen LogP contribution in [0.4, 0.5) is 0 Å². The average Bonchev–Trinajstić information content (AvgIpc) is 2.47. The highest BCUT2D eigenvalue weighted by Crippen LogP contribution is 2.21. The fraction of sp³-hybridized carbons (Fsp3) is 0.500. The first kappa shape index (κ1) is 8.10. The molecule has 1 aromatic heterocycles. The summed E-state index contributed by atoms with van der Waals surface area (Å²) in [4.78, 5) is 21.8. The molecule has 0 saturated carbocycles. The van der Waals surface area contributed by atoms with Crippen molar-refractivity contribution >= 4 is 5.97 Å². The van der Waals surface area contributed by atoms with Gasteiger partial charge in [0.2, 0.25) is 0 Å². The number of aromatic amines is 2. The Morgan fingerprint density at radius 1 is 1.46 bits per heavy atom. The van der Waals surface area contributed by atoms with Gasteiger partial charge in [-0.1, -0.05) is 0 Å². The fourth-order valence-electron chi connectivity index (χ4n) is 1.73. The van der Waals surface area contributed by atoms with Gasteiger partial charge in [-0.05, 0) is 19.3 Å². The van der Waals surface area contributed by atoms with Crippen LogP contribution >= 0.6 is 0 Å². The first-order chi connectivity index (χ1) is 6.18. The molecule has 13 heavy (non-hydrogen) atoms. The molecular weight excluding hydrogens is 172 g/mol. The van der Waals surface area contributed by atoms with E-state index in [4.69, 9.17) is 5.11 Å². The molecule has 70 valence electrons. The minimum absolute atomic E-state index is 0.180. The van der Waals surface area contributed by atoms with Gasteiger partial charge in [0.15, 0.2) is 0 Å². The molecule has 3 N–H and O–H groups in total. The number of H-pyrrole nitrogens is 2. The maximum absolute atomic E-state index is 11.2. The van der Waals surface area contributed by atoms with E-state index in [2.05, 4.69) is 10.2 Å². The van der Waals surface area contributed by atoms with Crippen molar-refractivity contribution in [3.63, 3.8) is 0 Å². The van der Waals surface area contributed by atoms with Crippen LogP contribution in [0.1, 0.15) is 17.7 Å². The Kier molecular flexibility index (Phi) is 1.72. The molecule has 1 aliphatic rings. The lowest BCUT2D eigenvalue weighted by Gasteiger charge is -2.16. The highest BCUT2D eigenvalue weighted by atomic mass is 16.4. The molecule has 0 saturated heterocycles. The number of carbonyl (C=O) groups is 1. The number of hydrogen-bond donors (Lipinski definition) is 3. The van der Waals surface area contributed by atoms with E-state index < -0.39 is 11.9 Å². The molecule has 0 bridgehead atoms. The minimum Gasteiger partial charge on any atom is -0.481 e. The van der Waals surface area contributed by atoms with Crippen molar-refractivity contribution in [2.24, 2.45) is 5.92 Å². The van der Waals surface area contributed by atoms with Crippen molar-refractivity contribution in [3.05, 3.63) is 21.6 Å². The number of aryl methyl sites for hydroxylation is 1. The smallest absolute Gasteiger partial charge is 0.306 e. The van der Waals surface area contributed by atoms with Crippen LogP contribution in [0.2, 0.25) is 0 Å². The zero-order valence-corrected chi connectivity index (χ0v) is 6.96. The van der Waals surface area contributed by atoms with Gasteiger partial charge in [-0.25, -0.2) is 0 Å². The van der Waals surface area contributed by atoms with Crippen LogP contribution in [0.5, 0.6) is 0 Å². The lowest BCUT2D eigenvalue weighted by molar-refractivity contribution is -0.142. The highest BCUT2D eigenvalue weighted by Gasteiger charge is 2.26. The molecule has 0 amide bonds. The summed E-state index contributed by atoms with van der Waals surface area (Å²) in [5.41, 5.74) is 1.29. The Hall–Kier alpha value is -1.52. The Labute approximate surface area is 73.8 Å². The van der Waals surface area contributed by atoms with Crippen molar-refractivity contribution in [2.75, 3.05) is 0 Å². The van der Waals surface area contributed by atoms with E-state index in [9.17, 15) is 9.59 Å². The van der Waals surface area contributed by atoms with E-state index in [1.165, 1.54) is 0 Å². The summed E-state index contributed by atoms with van der Waals surface area (Å²) >= 11 is 0. The predicted octanol–water partition coefficient (Wildman–Crippen LogP) is -0.108. The number of carboxylic acid groups (broad SMARTS) is 1. The third-order valence-corrected chi connectivity index (χ3v) is 2.51. The monoisotopic (exact) mass is 182 g/mol. The van der Waals surface area contributed by atoms with Gasteiger partial charge in [0.05, 0.1) is 5.92 Å². The molecule has 1 aliphatic carbocycles. The number of nitrogens with one attached hydrogen (secondary N) is 2. The molecule has 0 spiro atoms. The maximum atomic E-state index is 11.2. The first-order valence-corrected chi connectivity index (χ1v) is 4.19. The number of carboxylic acids is 1. The van der Waals surface area contributed by atoms with E-state index >= 15 is 0 Å². The summed E-state index contributed by atoms with van der Waals surface area (Å²) in [5.74, 6) is -1.21. The van der Waals surface area contributed by atoms with Gasteiger partial charge in [-0.15, -0.1) is 0 Å². The topological polar surface area (TPSA) is 85.9 Å². The van der Waals surface area contributed by atoms with Crippen LogP contribution in [0.3, 0.4) is 0 Å². The Morgan fingerprint density at radius 2 is 2.23 bits per heavy atom. The molecule has 1 unspecified atom stereocenters. The molecule has 0 aliphatic heterocycles. The molecule has 5 nitrogen and oxygen atoms in total. The SMILES string of the molecule is O=C(O)C1CCc2[nH][nH]c(=O)c2C1. The lowest BCUT2D eigenvalue weighted by Crippen LogP contribution is -2.24. The summed E-state index contributed by atoms with van der Waals surface area (Å²) in [6.07, 6.45) is 1.60. The summed E-state index contributed by atoms with van der Waals surface area (Å²) < 4.78 is 0. The van der Waals surface area contributed by atoms with Gasteiger partial charge in [-0.3, -0.25) is 14.7 Å². The summed E-state index contributed by atoms with van der Waals surface area (Å²) in [6.45, 7) is 0. The van der Waals surface area contributed by atoms with Crippen molar-refractivity contribution in [1.82, 2.24) is 10.2 Å². The predicted molar refractivity (Wildman–Crippen MR) is 44.6 cm³/mol. The molecule has 0 fully saturated rings. The second kappa shape index (κ2) is 2.76. The van der Waals surface area contributed by atoms with Crippen molar-refractivity contribution < 1.29 is 9.90 Å². The van der Waals surface area contributed by atoms with Gasteiger partial charge >= 0.3 is 5.97 Å². The average molecular weight is 182 g/mol. The fourth-order valence-corrected chi connectivity index (χ4v) is 1.73. The van der Waals surface area contributed by atoms with Crippen molar-refractivity contribution in [1.29, 1.82) is 0 Å². The van der Waals surface area contributed by atoms with Crippen LogP contribution in [-0.2, 0) is 17.6 Å². The molecule has 0 aromatic carbocycles. The van der Waals surface area contributed by atoms with Gasteiger partial charge in [0.25, 0.3) is 5.56 Å². The number of aromatic nitrogens is 2. The Bertz CT molecular complexity index is 390. The zero-order valence-electron chi connectivity index (χ0n) is 6.96. The Balaban J connectivity index is 2.33. The van der Waals surface area contributed by atoms with E-state index in [-0.39, 0.29) is 5.56 Å². The largest absolute Gasteiger partial charge is 0.481 e. The number of hydrogen-bond acceptors (Lipinski definition) is 2. The summed E-state index contributed by atoms with van der Waals surface area (Å²) in [7, 11) is 0. The second-order valence-electron chi connectivity index (χ2n) is 3.31. The van der Waals surface area contributed by atoms with E-state index in [0.29, 0.717) is 24.8 Å². The Morgan fingerprint density at radius 3 is 2.92 bits per heavy atom. The van der Waals surface area contributed by atoms with Crippen LogP contribution in [0.15, 0.2) is 4.79 Å². The summed E-state index contributed by atoms with van der Waals surface area (Å²) in [6, 6.07) is 0. The highest BCUT2D eigenvalue weighted by molar-refractivity contribution is 5.70. The number of fused-ring (bicyclic) bond motifs is 1. The quantitative estimate of drug-likeness (QED) is 0.566. The third kappa shape index (κ3) is 1.26. The van der Waals surface area contributed by atoms with Crippen LogP contribution in [-0.4, -0.2) is 21.3 Å². The van der Waals surface area contributed by atoms with Crippen LogP contribution in [0.25, 0.3) is 0 Å². The summed E-state index contributed by atoms with van der Waals surface area (Å²) in [5, 5.41) is 14.0.